The first-order valence-electron chi connectivity index (χ1n) is 8.35. The second-order valence-corrected chi connectivity index (χ2v) is 5.73. The van der Waals surface area contributed by atoms with E-state index in [9.17, 15) is 9.59 Å². The molecule has 6 heteroatoms. The zero-order valence-corrected chi connectivity index (χ0v) is 14.8. The number of rotatable bonds is 7. The Balaban J connectivity index is 1.50. The van der Waals surface area contributed by atoms with Crippen LogP contribution in [0.25, 0.3) is 10.8 Å². The van der Waals surface area contributed by atoms with Crippen molar-refractivity contribution in [3.05, 3.63) is 66.7 Å². The van der Waals surface area contributed by atoms with E-state index in [1.54, 1.807) is 24.3 Å². The molecule has 3 aromatic carbocycles. The van der Waals surface area contributed by atoms with Crippen LogP contribution in [0.4, 0.5) is 5.69 Å². The van der Waals surface area contributed by atoms with Crippen LogP contribution in [0.2, 0.25) is 0 Å². The topological polar surface area (TPSA) is 73.9 Å². The third-order valence-electron chi connectivity index (χ3n) is 3.81. The van der Waals surface area contributed by atoms with Crippen molar-refractivity contribution < 1.29 is 23.8 Å². The van der Waals surface area contributed by atoms with E-state index >= 15 is 0 Å². The van der Waals surface area contributed by atoms with Crippen LogP contribution in [-0.4, -0.2) is 32.2 Å². The number of carbonyl (C=O) groups is 2. The summed E-state index contributed by atoms with van der Waals surface area (Å²) in [5.41, 5.74) is 0.604. The summed E-state index contributed by atoms with van der Waals surface area (Å²) in [5.74, 6) is 0.408. The molecule has 3 aromatic rings. The first-order valence-corrected chi connectivity index (χ1v) is 8.35. The van der Waals surface area contributed by atoms with Crippen molar-refractivity contribution in [3.63, 3.8) is 0 Å². The predicted molar refractivity (Wildman–Crippen MR) is 102 cm³/mol. The Bertz CT molecular complexity index is 937. The molecule has 1 amide bonds. The summed E-state index contributed by atoms with van der Waals surface area (Å²) in [4.78, 5) is 23.1. The maximum atomic E-state index is 12.1. The van der Waals surface area contributed by atoms with Crippen LogP contribution in [0.15, 0.2) is 66.7 Å². The van der Waals surface area contributed by atoms with Gasteiger partial charge in [-0.2, -0.15) is 0 Å². The van der Waals surface area contributed by atoms with Gasteiger partial charge in [0.05, 0.1) is 7.11 Å². The number of ether oxygens (including phenoxy) is 3. The highest BCUT2D eigenvalue weighted by atomic mass is 16.6. The van der Waals surface area contributed by atoms with E-state index < -0.39 is 5.97 Å². The molecular formula is C21H19NO5. The van der Waals surface area contributed by atoms with Gasteiger partial charge in [0, 0.05) is 5.69 Å². The number of fused-ring (bicyclic) bond motifs is 1. The Morgan fingerprint density at radius 1 is 0.815 bits per heavy atom. The lowest BCUT2D eigenvalue weighted by Gasteiger charge is -2.09. The molecule has 0 heterocycles. The Hall–Kier alpha value is -3.54. The quantitative estimate of drug-likeness (QED) is 0.650. The van der Waals surface area contributed by atoms with Gasteiger partial charge in [0.15, 0.2) is 13.2 Å². The zero-order chi connectivity index (χ0) is 19.1. The minimum Gasteiger partial charge on any atom is -0.484 e. The van der Waals surface area contributed by atoms with Gasteiger partial charge in [-0.25, -0.2) is 4.79 Å². The fraction of sp³-hybridized carbons (Fsp3) is 0.143. The van der Waals surface area contributed by atoms with Gasteiger partial charge in [-0.3, -0.25) is 4.79 Å². The summed E-state index contributed by atoms with van der Waals surface area (Å²) in [6, 6.07) is 20.3. The van der Waals surface area contributed by atoms with Gasteiger partial charge in [-0.05, 0) is 47.2 Å². The average molecular weight is 365 g/mol. The molecule has 3 rings (SSSR count). The Kier molecular flexibility index (Phi) is 5.89. The predicted octanol–water partition coefficient (Wildman–Crippen LogP) is 3.41. The smallest absolute Gasteiger partial charge is 0.343 e. The van der Waals surface area contributed by atoms with Gasteiger partial charge in [0.2, 0.25) is 0 Å². The molecule has 0 aliphatic carbocycles. The molecule has 0 saturated heterocycles. The highest BCUT2D eigenvalue weighted by Crippen LogP contribution is 2.20. The Morgan fingerprint density at radius 2 is 1.48 bits per heavy atom. The minimum atomic E-state index is -0.460. The van der Waals surface area contributed by atoms with Crippen LogP contribution >= 0.6 is 0 Å². The van der Waals surface area contributed by atoms with Crippen molar-refractivity contribution in [1.82, 2.24) is 0 Å². The molecule has 0 fully saturated rings. The van der Waals surface area contributed by atoms with Crippen LogP contribution in [0.5, 0.6) is 11.5 Å². The molecule has 0 aromatic heterocycles. The second kappa shape index (κ2) is 8.71. The molecule has 27 heavy (non-hydrogen) atoms. The maximum absolute atomic E-state index is 12.1. The van der Waals surface area contributed by atoms with Gasteiger partial charge < -0.3 is 19.5 Å². The fourth-order valence-corrected chi connectivity index (χ4v) is 2.44. The Morgan fingerprint density at radius 3 is 2.22 bits per heavy atom. The van der Waals surface area contributed by atoms with Crippen molar-refractivity contribution in [1.29, 1.82) is 0 Å². The number of hydrogen-bond donors (Lipinski definition) is 1. The van der Waals surface area contributed by atoms with E-state index in [0.717, 1.165) is 10.8 Å². The van der Waals surface area contributed by atoms with E-state index in [1.807, 2.05) is 42.5 Å². The molecule has 0 radical (unpaired) electrons. The second-order valence-electron chi connectivity index (χ2n) is 5.73. The third kappa shape index (κ3) is 5.22. The summed E-state index contributed by atoms with van der Waals surface area (Å²) in [7, 11) is 1.30. The largest absolute Gasteiger partial charge is 0.484 e. The summed E-state index contributed by atoms with van der Waals surface area (Å²) in [5, 5.41) is 4.91. The van der Waals surface area contributed by atoms with Crippen molar-refractivity contribution in [2.45, 2.75) is 0 Å². The normalized spacial score (nSPS) is 10.3. The number of methoxy groups -OCH3 is 1. The number of anilines is 1. The lowest BCUT2D eigenvalue weighted by atomic mass is 10.1. The molecule has 0 aliphatic heterocycles. The van der Waals surface area contributed by atoms with E-state index in [0.29, 0.717) is 17.2 Å². The third-order valence-corrected chi connectivity index (χ3v) is 3.81. The Labute approximate surface area is 156 Å². The van der Waals surface area contributed by atoms with E-state index in [-0.39, 0.29) is 19.1 Å². The first kappa shape index (κ1) is 18.3. The van der Waals surface area contributed by atoms with Crippen LogP contribution in [0, 0.1) is 0 Å². The lowest BCUT2D eigenvalue weighted by molar-refractivity contribution is -0.142. The molecule has 1 N–H and O–H groups in total. The van der Waals surface area contributed by atoms with Gasteiger partial charge in [-0.15, -0.1) is 0 Å². The monoisotopic (exact) mass is 365 g/mol. The van der Waals surface area contributed by atoms with Crippen molar-refractivity contribution in [2.75, 3.05) is 25.6 Å². The fourth-order valence-electron chi connectivity index (χ4n) is 2.44. The van der Waals surface area contributed by atoms with E-state index in [2.05, 4.69) is 10.1 Å². The van der Waals surface area contributed by atoms with Gasteiger partial charge in [0.1, 0.15) is 11.5 Å². The average Bonchev–Trinajstić information content (AvgIpc) is 2.71. The van der Waals surface area contributed by atoms with Gasteiger partial charge in [-0.1, -0.05) is 30.3 Å². The summed E-state index contributed by atoms with van der Waals surface area (Å²) >= 11 is 0. The molecule has 6 nitrogen and oxygen atoms in total. The molecule has 138 valence electrons. The minimum absolute atomic E-state index is 0.0983. The molecular weight excluding hydrogens is 346 g/mol. The summed E-state index contributed by atoms with van der Waals surface area (Å²) in [6.07, 6.45) is 0. The van der Waals surface area contributed by atoms with Crippen molar-refractivity contribution in [2.24, 2.45) is 0 Å². The summed E-state index contributed by atoms with van der Waals surface area (Å²) < 4.78 is 15.3. The standard InChI is InChI=1S/C21H19NO5/c1-25-21(24)14-27-18-10-7-17(8-11-18)22-20(23)13-26-19-9-6-15-4-2-3-5-16(15)12-19/h2-12H,13-14H2,1H3,(H,22,23). The molecule has 0 saturated carbocycles. The SMILES string of the molecule is COC(=O)COc1ccc(NC(=O)COc2ccc3ccccc3c2)cc1. The first-order chi connectivity index (χ1) is 13.1. The molecule has 0 bridgehead atoms. The number of hydrogen-bond acceptors (Lipinski definition) is 5. The van der Waals surface area contributed by atoms with E-state index in [4.69, 9.17) is 9.47 Å². The summed E-state index contributed by atoms with van der Waals surface area (Å²) in [6.45, 7) is -0.263. The molecule has 0 spiro atoms. The van der Waals surface area contributed by atoms with Crippen molar-refractivity contribution >= 4 is 28.3 Å². The van der Waals surface area contributed by atoms with E-state index in [1.165, 1.54) is 7.11 Å². The van der Waals surface area contributed by atoms with Crippen molar-refractivity contribution in [3.8, 4) is 11.5 Å². The van der Waals surface area contributed by atoms with Crippen LogP contribution in [0.3, 0.4) is 0 Å². The molecule has 0 unspecified atom stereocenters. The van der Waals surface area contributed by atoms with Crippen LogP contribution in [-0.2, 0) is 14.3 Å². The zero-order valence-electron chi connectivity index (χ0n) is 14.8. The highest BCUT2D eigenvalue weighted by Gasteiger charge is 2.06. The number of esters is 1. The van der Waals surface area contributed by atoms with Crippen LogP contribution < -0.4 is 14.8 Å². The number of carbonyl (C=O) groups excluding carboxylic acids is 2. The highest BCUT2D eigenvalue weighted by molar-refractivity contribution is 5.92. The number of nitrogens with one attached hydrogen (secondary N) is 1. The van der Waals surface area contributed by atoms with Gasteiger partial charge >= 0.3 is 5.97 Å². The molecule has 0 aliphatic rings. The number of amides is 1. The maximum Gasteiger partial charge on any atom is 0.343 e. The number of benzene rings is 3. The lowest BCUT2D eigenvalue weighted by Crippen LogP contribution is -2.20. The molecule has 0 atom stereocenters. The van der Waals surface area contributed by atoms with Gasteiger partial charge in [0.25, 0.3) is 5.91 Å². The van der Waals surface area contributed by atoms with Crippen LogP contribution in [0.1, 0.15) is 0 Å².